The van der Waals surface area contributed by atoms with Crippen LogP contribution in [0.15, 0.2) is 0 Å². The zero-order valence-electron chi connectivity index (χ0n) is 43.6. The van der Waals surface area contributed by atoms with Crippen molar-refractivity contribution in [3.05, 3.63) is 0 Å². The minimum Gasteiger partial charge on any atom is -0.481 e. The first-order valence-electron chi connectivity index (χ1n) is 28.3. The summed E-state index contributed by atoms with van der Waals surface area (Å²) in [5.41, 5.74) is 9.81. The van der Waals surface area contributed by atoms with E-state index < -0.39 is 17.9 Å². The monoisotopic (exact) mass is 913 g/mol. The number of hydrogen-bond donors (Lipinski definition) is 5. The number of carboxylic acid groups (broad SMARTS) is 3. The maximum Gasteiger partial charge on any atom is 0.303 e. The number of nitrogens with two attached hydrogens (primary N) is 2. The second kappa shape index (κ2) is 67.9. The lowest BCUT2D eigenvalue weighted by Gasteiger charge is -2.03. The predicted octanol–water partition coefficient (Wildman–Crippen LogP) is 17.9. The van der Waals surface area contributed by atoms with Crippen LogP contribution < -0.4 is 11.5 Å². The SMILES string of the molecule is CCCCCCCCCCCCCCCCCC(=O)O.CCCCCCCCCCCCCCCCCC(=O)O.CCCCCCCCCCCCCCCCCC(=O)O.NCCN. The Morgan fingerprint density at radius 3 is 0.438 bits per heavy atom. The lowest BCUT2D eigenvalue weighted by molar-refractivity contribution is -0.138. The Morgan fingerprint density at radius 1 is 0.234 bits per heavy atom. The van der Waals surface area contributed by atoms with E-state index in [1.807, 2.05) is 0 Å². The third kappa shape index (κ3) is 83.8. The molecule has 0 aromatic carbocycles. The van der Waals surface area contributed by atoms with Gasteiger partial charge in [-0.3, -0.25) is 14.4 Å². The molecule has 8 heteroatoms. The Balaban J connectivity index is -0.000000404. The first kappa shape index (κ1) is 68.9. The second-order valence-electron chi connectivity index (χ2n) is 18.9. The summed E-state index contributed by atoms with van der Waals surface area (Å²) < 4.78 is 0. The molecule has 0 spiro atoms. The van der Waals surface area contributed by atoms with Gasteiger partial charge in [0.2, 0.25) is 0 Å². The van der Waals surface area contributed by atoms with Gasteiger partial charge in [-0.05, 0) is 19.3 Å². The van der Waals surface area contributed by atoms with E-state index in [-0.39, 0.29) is 0 Å². The number of carbonyl (C=O) groups is 3. The molecule has 386 valence electrons. The molecule has 0 bridgehead atoms. The maximum atomic E-state index is 10.3. The topological polar surface area (TPSA) is 164 Å². The number of rotatable bonds is 49. The zero-order chi connectivity index (χ0) is 48.1. The van der Waals surface area contributed by atoms with Crippen molar-refractivity contribution in [2.45, 2.75) is 329 Å². The van der Waals surface area contributed by atoms with Gasteiger partial charge in [0, 0.05) is 32.4 Å². The number of carboxylic acids is 3. The van der Waals surface area contributed by atoms with E-state index in [0.29, 0.717) is 32.4 Å². The summed E-state index contributed by atoms with van der Waals surface area (Å²) in [6.45, 7) is 8.00. The van der Waals surface area contributed by atoms with Crippen LogP contribution in [-0.2, 0) is 14.4 Å². The summed E-state index contributed by atoms with van der Waals surface area (Å²) >= 11 is 0. The zero-order valence-corrected chi connectivity index (χ0v) is 43.6. The van der Waals surface area contributed by atoms with Crippen LogP contribution in [0.5, 0.6) is 0 Å². The van der Waals surface area contributed by atoms with Crippen molar-refractivity contribution in [3.8, 4) is 0 Å². The average Bonchev–Trinajstić information content (AvgIpc) is 3.28. The highest BCUT2D eigenvalue weighted by atomic mass is 16.4. The van der Waals surface area contributed by atoms with Gasteiger partial charge in [-0.15, -0.1) is 0 Å². The van der Waals surface area contributed by atoms with Crippen molar-refractivity contribution in [1.29, 1.82) is 0 Å². The van der Waals surface area contributed by atoms with Gasteiger partial charge >= 0.3 is 17.9 Å². The Bertz CT molecular complexity index is 751. The van der Waals surface area contributed by atoms with Gasteiger partial charge in [-0.25, -0.2) is 0 Å². The average molecular weight is 914 g/mol. The van der Waals surface area contributed by atoms with E-state index >= 15 is 0 Å². The van der Waals surface area contributed by atoms with Gasteiger partial charge in [-0.1, -0.05) is 290 Å². The van der Waals surface area contributed by atoms with E-state index in [2.05, 4.69) is 20.8 Å². The first-order valence-corrected chi connectivity index (χ1v) is 28.3. The summed E-state index contributed by atoms with van der Waals surface area (Å²) in [6.07, 6.45) is 60.6. The third-order valence-corrected chi connectivity index (χ3v) is 12.1. The fourth-order valence-corrected chi connectivity index (χ4v) is 7.94. The Labute approximate surface area is 399 Å². The summed E-state index contributed by atoms with van der Waals surface area (Å²) in [7, 11) is 0. The van der Waals surface area contributed by atoms with Gasteiger partial charge in [0.1, 0.15) is 0 Å². The third-order valence-electron chi connectivity index (χ3n) is 12.1. The first-order chi connectivity index (χ1) is 31.2. The van der Waals surface area contributed by atoms with Crippen molar-refractivity contribution < 1.29 is 29.7 Å². The molecule has 0 unspecified atom stereocenters. The van der Waals surface area contributed by atoms with Crippen molar-refractivity contribution in [2.75, 3.05) is 13.1 Å². The minimum absolute atomic E-state index is 0.345. The minimum atomic E-state index is -0.653. The van der Waals surface area contributed by atoms with E-state index in [9.17, 15) is 14.4 Å². The van der Waals surface area contributed by atoms with Gasteiger partial charge in [-0.2, -0.15) is 0 Å². The number of aliphatic carboxylic acids is 3. The molecule has 0 aliphatic rings. The Hall–Kier alpha value is -1.67. The summed E-state index contributed by atoms with van der Waals surface area (Å²) in [4.78, 5) is 31.0. The predicted molar refractivity (Wildman–Crippen MR) is 280 cm³/mol. The van der Waals surface area contributed by atoms with Crippen molar-refractivity contribution >= 4 is 17.9 Å². The number of hydrogen-bond acceptors (Lipinski definition) is 5. The molecule has 64 heavy (non-hydrogen) atoms. The van der Waals surface area contributed by atoms with Crippen LogP contribution in [0.2, 0.25) is 0 Å². The molecule has 0 aliphatic heterocycles. The molecular weight excluding hydrogens is 797 g/mol. The number of unbranched alkanes of at least 4 members (excludes halogenated alkanes) is 42. The maximum absolute atomic E-state index is 10.3. The summed E-state index contributed by atoms with van der Waals surface area (Å²) in [5.74, 6) is -1.96. The second-order valence-corrected chi connectivity index (χ2v) is 18.9. The van der Waals surface area contributed by atoms with E-state index in [4.69, 9.17) is 26.8 Å². The van der Waals surface area contributed by atoms with Crippen molar-refractivity contribution in [1.82, 2.24) is 0 Å². The fourth-order valence-electron chi connectivity index (χ4n) is 7.94. The standard InChI is InChI=1S/3C18H36O2.C2H8N2/c3*1-2-3-4-5-6-7-8-9-10-11-12-13-14-15-16-17-18(19)20;3-1-2-4/h3*2-17H2,1H3,(H,19,20);1-4H2. The molecule has 7 N–H and O–H groups in total. The normalized spacial score (nSPS) is 10.6. The van der Waals surface area contributed by atoms with Crippen LogP contribution >= 0.6 is 0 Å². The van der Waals surface area contributed by atoms with Crippen LogP contribution in [-0.4, -0.2) is 46.3 Å². The van der Waals surface area contributed by atoms with Gasteiger partial charge < -0.3 is 26.8 Å². The molecule has 0 aromatic rings. The summed E-state index contributed by atoms with van der Waals surface area (Å²) in [5, 5.41) is 25.6. The van der Waals surface area contributed by atoms with E-state index in [0.717, 1.165) is 38.5 Å². The molecule has 0 amide bonds. The van der Waals surface area contributed by atoms with Crippen LogP contribution in [0.3, 0.4) is 0 Å². The van der Waals surface area contributed by atoms with E-state index in [1.165, 1.54) is 250 Å². The molecule has 0 aromatic heterocycles. The lowest BCUT2D eigenvalue weighted by atomic mass is 10.0. The molecule has 0 radical (unpaired) electrons. The molecule has 0 aliphatic carbocycles. The smallest absolute Gasteiger partial charge is 0.303 e. The van der Waals surface area contributed by atoms with Gasteiger partial charge in [0.15, 0.2) is 0 Å². The molecule has 0 rings (SSSR count). The van der Waals surface area contributed by atoms with Crippen LogP contribution in [0.25, 0.3) is 0 Å². The quantitative estimate of drug-likeness (QED) is 0.0377. The molecule has 8 nitrogen and oxygen atoms in total. The van der Waals surface area contributed by atoms with Crippen molar-refractivity contribution in [3.63, 3.8) is 0 Å². The largest absolute Gasteiger partial charge is 0.481 e. The van der Waals surface area contributed by atoms with E-state index in [1.54, 1.807) is 0 Å². The van der Waals surface area contributed by atoms with Crippen molar-refractivity contribution in [2.24, 2.45) is 11.5 Å². The highest BCUT2D eigenvalue weighted by Gasteiger charge is 2.00. The molecular formula is C56H116N2O6. The van der Waals surface area contributed by atoms with Gasteiger partial charge in [0.25, 0.3) is 0 Å². The highest BCUT2D eigenvalue weighted by Crippen LogP contribution is 2.16. The fraction of sp³-hybridized carbons (Fsp3) is 0.946. The lowest BCUT2D eigenvalue weighted by Crippen LogP contribution is -2.11. The van der Waals surface area contributed by atoms with Crippen LogP contribution in [0.4, 0.5) is 0 Å². The Kier molecular flexibility index (Phi) is 73.1. The molecule has 0 fully saturated rings. The highest BCUT2D eigenvalue weighted by molar-refractivity contribution is 5.67. The van der Waals surface area contributed by atoms with Crippen LogP contribution in [0, 0.1) is 0 Å². The molecule has 0 saturated carbocycles. The Morgan fingerprint density at radius 2 is 0.344 bits per heavy atom. The molecule has 0 atom stereocenters. The van der Waals surface area contributed by atoms with Crippen LogP contribution in [0.1, 0.15) is 329 Å². The molecule has 0 heterocycles. The van der Waals surface area contributed by atoms with Gasteiger partial charge in [0.05, 0.1) is 0 Å². The molecule has 0 saturated heterocycles. The summed E-state index contributed by atoms with van der Waals surface area (Å²) in [6, 6.07) is 0.